The van der Waals surface area contributed by atoms with Crippen molar-refractivity contribution in [1.29, 1.82) is 0 Å². The summed E-state index contributed by atoms with van der Waals surface area (Å²) < 4.78 is 4.80. The monoisotopic (exact) mass is 377 g/mol. The third-order valence-corrected chi connectivity index (χ3v) is 4.97. The number of piperazine rings is 1. The minimum Gasteiger partial charge on any atom is -0.460 e. The van der Waals surface area contributed by atoms with Gasteiger partial charge >= 0.3 is 5.97 Å². The van der Waals surface area contributed by atoms with Crippen LogP contribution < -0.4 is 4.90 Å². The zero-order valence-corrected chi connectivity index (χ0v) is 17.2. The van der Waals surface area contributed by atoms with Crippen molar-refractivity contribution in [2.75, 3.05) is 31.1 Å². The molecule has 0 aromatic carbocycles. The van der Waals surface area contributed by atoms with Crippen molar-refractivity contribution in [3.8, 4) is 0 Å². The minimum atomic E-state index is -0.328. The molecule has 152 valence electrons. The van der Waals surface area contributed by atoms with Gasteiger partial charge in [0.25, 0.3) is 0 Å². The number of carbonyl (C=O) groups excluding carboxylic acids is 1. The molecule has 1 N–H and O–H groups in total. The first-order chi connectivity index (χ1) is 12.7. The molecule has 0 bridgehead atoms. The topological polar surface area (TPSA) is 65.9 Å². The van der Waals surface area contributed by atoms with Crippen LogP contribution in [0.1, 0.15) is 53.4 Å². The first-order valence-corrected chi connectivity index (χ1v) is 10.0. The Kier molecular flexibility index (Phi) is 8.05. The Morgan fingerprint density at radius 1 is 1.07 bits per heavy atom. The summed E-state index contributed by atoms with van der Waals surface area (Å²) in [5, 5.41) is 9.58. The van der Waals surface area contributed by atoms with Gasteiger partial charge in [-0.2, -0.15) is 0 Å². The number of aliphatic hydroxyl groups excluding tert-OH is 1. The van der Waals surface area contributed by atoms with Gasteiger partial charge in [-0.3, -0.25) is 14.7 Å². The van der Waals surface area contributed by atoms with Gasteiger partial charge in [-0.25, -0.2) is 0 Å². The number of ether oxygens (including phenoxy) is 1. The SMILES string of the molecule is CC(=O)OC(C)(C)C.OC1CCC(N2CCN(c3ccncc3)CC2)CC1. The summed E-state index contributed by atoms with van der Waals surface area (Å²) in [6.45, 7) is 11.4. The second-order valence-electron chi connectivity index (χ2n) is 8.40. The maximum atomic E-state index is 10.2. The van der Waals surface area contributed by atoms with Crippen LogP contribution >= 0.6 is 0 Å². The molecule has 0 amide bonds. The largest absolute Gasteiger partial charge is 0.460 e. The second-order valence-corrected chi connectivity index (χ2v) is 8.40. The van der Waals surface area contributed by atoms with E-state index in [1.165, 1.54) is 12.6 Å². The fourth-order valence-corrected chi connectivity index (χ4v) is 3.75. The smallest absolute Gasteiger partial charge is 0.303 e. The predicted octanol–water partition coefficient (Wildman–Crippen LogP) is 2.86. The third-order valence-electron chi connectivity index (χ3n) is 4.97. The van der Waals surface area contributed by atoms with Crippen molar-refractivity contribution in [1.82, 2.24) is 9.88 Å². The standard InChI is InChI=1S/C15H23N3O.C6H12O2/c19-15-3-1-13(2-4-15)17-9-11-18(12-10-17)14-5-7-16-8-6-14;1-5(7)8-6(2,3)4/h5-8,13,15,19H,1-4,9-12H2;1-4H3. The summed E-state index contributed by atoms with van der Waals surface area (Å²) in [4.78, 5) is 19.4. The van der Waals surface area contributed by atoms with E-state index in [1.807, 2.05) is 33.2 Å². The zero-order valence-electron chi connectivity index (χ0n) is 17.2. The summed E-state index contributed by atoms with van der Waals surface area (Å²) in [5.74, 6) is -0.225. The quantitative estimate of drug-likeness (QED) is 0.800. The number of nitrogens with zero attached hydrogens (tertiary/aromatic N) is 3. The first kappa shape index (κ1) is 21.6. The highest BCUT2D eigenvalue weighted by atomic mass is 16.6. The number of carbonyl (C=O) groups is 1. The van der Waals surface area contributed by atoms with Gasteiger partial charge in [-0.05, 0) is 58.6 Å². The van der Waals surface area contributed by atoms with Gasteiger partial charge in [-0.1, -0.05) is 0 Å². The number of anilines is 1. The molecule has 1 aromatic heterocycles. The first-order valence-electron chi connectivity index (χ1n) is 10.0. The molecular formula is C21H35N3O3. The lowest BCUT2D eigenvalue weighted by molar-refractivity contribution is -0.151. The van der Waals surface area contributed by atoms with E-state index in [-0.39, 0.29) is 17.7 Å². The molecule has 2 heterocycles. The van der Waals surface area contributed by atoms with Crippen molar-refractivity contribution >= 4 is 11.7 Å². The van der Waals surface area contributed by atoms with E-state index in [2.05, 4.69) is 26.9 Å². The van der Waals surface area contributed by atoms with Gasteiger partial charge in [0.15, 0.2) is 0 Å². The number of aliphatic hydroxyl groups is 1. The summed E-state index contributed by atoms with van der Waals surface area (Å²) >= 11 is 0. The van der Waals surface area contributed by atoms with Crippen LogP contribution in [0.2, 0.25) is 0 Å². The Morgan fingerprint density at radius 3 is 2.07 bits per heavy atom. The summed E-state index contributed by atoms with van der Waals surface area (Å²) in [5.41, 5.74) is 0.958. The van der Waals surface area contributed by atoms with Crippen LogP contribution in [0, 0.1) is 0 Å². The Bertz CT molecular complexity index is 558. The van der Waals surface area contributed by atoms with Crippen LogP contribution in [0.25, 0.3) is 0 Å². The normalized spacial score (nSPS) is 24.0. The van der Waals surface area contributed by atoms with E-state index >= 15 is 0 Å². The Hall–Kier alpha value is -1.66. The summed E-state index contributed by atoms with van der Waals surface area (Å²) in [7, 11) is 0. The number of pyridine rings is 1. The second kappa shape index (κ2) is 10.0. The highest BCUT2D eigenvalue weighted by molar-refractivity contribution is 5.66. The number of aromatic nitrogens is 1. The van der Waals surface area contributed by atoms with Gasteiger partial charge in [0.05, 0.1) is 6.10 Å². The lowest BCUT2D eigenvalue weighted by Crippen LogP contribution is -2.51. The van der Waals surface area contributed by atoms with Crippen molar-refractivity contribution in [3.63, 3.8) is 0 Å². The molecule has 1 saturated carbocycles. The highest BCUT2D eigenvalue weighted by Crippen LogP contribution is 2.25. The predicted molar refractivity (Wildman–Crippen MR) is 108 cm³/mol. The molecule has 0 radical (unpaired) electrons. The zero-order chi connectivity index (χ0) is 19.9. The molecule has 0 spiro atoms. The average Bonchev–Trinajstić information content (AvgIpc) is 2.62. The van der Waals surface area contributed by atoms with Crippen LogP contribution in [0.3, 0.4) is 0 Å². The van der Waals surface area contributed by atoms with Crippen LogP contribution in [-0.4, -0.2) is 64.9 Å². The van der Waals surface area contributed by atoms with Crippen LogP contribution in [0.4, 0.5) is 5.69 Å². The lowest BCUT2D eigenvalue weighted by Gasteiger charge is -2.42. The summed E-state index contributed by atoms with van der Waals surface area (Å²) in [6, 6.07) is 4.88. The molecule has 6 heteroatoms. The van der Waals surface area contributed by atoms with Crippen molar-refractivity contribution in [3.05, 3.63) is 24.5 Å². The molecule has 3 rings (SSSR count). The average molecular weight is 378 g/mol. The molecule has 1 saturated heterocycles. The number of esters is 1. The van der Waals surface area contributed by atoms with Gasteiger partial charge in [-0.15, -0.1) is 0 Å². The molecule has 0 unspecified atom stereocenters. The Balaban J connectivity index is 0.000000279. The molecule has 6 nitrogen and oxygen atoms in total. The van der Waals surface area contributed by atoms with Gasteiger partial charge < -0.3 is 14.7 Å². The number of rotatable bonds is 2. The molecular weight excluding hydrogens is 342 g/mol. The Morgan fingerprint density at radius 2 is 1.63 bits per heavy atom. The van der Waals surface area contributed by atoms with E-state index < -0.39 is 0 Å². The third kappa shape index (κ3) is 7.85. The van der Waals surface area contributed by atoms with Crippen molar-refractivity contribution in [2.45, 2.75) is 71.1 Å². The van der Waals surface area contributed by atoms with Crippen molar-refractivity contribution < 1.29 is 14.6 Å². The summed E-state index contributed by atoms with van der Waals surface area (Å²) in [6.07, 6.45) is 7.97. The Labute approximate surface area is 163 Å². The number of hydrogen-bond acceptors (Lipinski definition) is 6. The van der Waals surface area contributed by atoms with Gasteiger partial charge in [0.2, 0.25) is 0 Å². The highest BCUT2D eigenvalue weighted by Gasteiger charge is 2.27. The fourth-order valence-electron chi connectivity index (χ4n) is 3.75. The van der Waals surface area contributed by atoms with E-state index in [9.17, 15) is 9.90 Å². The van der Waals surface area contributed by atoms with Crippen LogP contribution in [0.5, 0.6) is 0 Å². The molecule has 2 aliphatic rings. The lowest BCUT2D eigenvalue weighted by atomic mass is 9.91. The van der Waals surface area contributed by atoms with Crippen LogP contribution in [-0.2, 0) is 9.53 Å². The fraction of sp³-hybridized carbons (Fsp3) is 0.714. The van der Waals surface area contributed by atoms with Crippen molar-refractivity contribution in [2.24, 2.45) is 0 Å². The van der Waals surface area contributed by atoms with Gasteiger partial charge in [0, 0.05) is 57.2 Å². The minimum absolute atomic E-state index is 0.0469. The molecule has 1 aromatic rings. The van der Waals surface area contributed by atoms with Crippen LogP contribution in [0.15, 0.2) is 24.5 Å². The van der Waals surface area contributed by atoms with Gasteiger partial charge in [0.1, 0.15) is 5.60 Å². The van der Waals surface area contributed by atoms with E-state index in [4.69, 9.17) is 4.74 Å². The van der Waals surface area contributed by atoms with E-state index in [1.54, 1.807) is 0 Å². The van der Waals surface area contributed by atoms with E-state index in [0.717, 1.165) is 51.9 Å². The molecule has 0 atom stereocenters. The number of hydrogen-bond donors (Lipinski definition) is 1. The van der Waals surface area contributed by atoms with E-state index in [0.29, 0.717) is 6.04 Å². The maximum Gasteiger partial charge on any atom is 0.303 e. The molecule has 1 aliphatic heterocycles. The maximum absolute atomic E-state index is 10.2. The molecule has 27 heavy (non-hydrogen) atoms. The molecule has 1 aliphatic carbocycles. The molecule has 2 fully saturated rings.